The molecule has 0 N–H and O–H groups in total. The van der Waals surface area contributed by atoms with Crippen LogP contribution in [0.2, 0.25) is 0 Å². The van der Waals surface area contributed by atoms with Crippen molar-refractivity contribution in [3.8, 4) is 0 Å². The minimum Gasteiger partial charge on any atom is -0.368 e. The van der Waals surface area contributed by atoms with Gasteiger partial charge in [-0.2, -0.15) is 0 Å². The molecule has 0 spiro atoms. The Morgan fingerprint density at radius 1 is 1.40 bits per heavy atom. The van der Waals surface area contributed by atoms with E-state index in [-0.39, 0.29) is 12.0 Å². The fourth-order valence-electron chi connectivity index (χ4n) is 2.32. The van der Waals surface area contributed by atoms with E-state index in [1.54, 1.807) is 22.4 Å². The van der Waals surface area contributed by atoms with Crippen LogP contribution in [0.1, 0.15) is 17.8 Å². The molecule has 0 aliphatic carbocycles. The van der Waals surface area contributed by atoms with Crippen molar-refractivity contribution in [1.29, 1.82) is 0 Å². The van der Waals surface area contributed by atoms with Crippen molar-refractivity contribution in [2.75, 3.05) is 11.5 Å². The standard InChI is InChI=1S/C15H16N2O2S/c18-15(13-7-4-9-19-13)17(11-14-16-8-10-20-14)12-5-2-1-3-6-12/h1-3,5-6,8,10,13H,4,7,9,11H2/t13-/m0/s1. The minimum atomic E-state index is -0.310. The Hall–Kier alpha value is -1.72. The monoisotopic (exact) mass is 288 g/mol. The van der Waals surface area contributed by atoms with Crippen LogP contribution in [0.25, 0.3) is 0 Å². The first-order chi connectivity index (χ1) is 9.84. The number of thiazole rings is 1. The molecule has 0 unspecified atom stereocenters. The van der Waals surface area contributed by atoms with E-state index >= 15 is 0 Å². The van der Waals surface area contributed by atoms with Crippen LogP contribution in [0.15, 0.2) is 41.9 Å². The molecular weight excluding hydrogens is 272 g/mol. The summed E-state index contributed by atoms with van der Waals surface area (Å²) in [5, 5.41) is 2.86. The molecule has 1 fully saturated rings. The van der Waals surface area contributed by atoms with Crippen molar-refractivity contribution in [3.05, 3.63) is 46.9 Å². The lowest BCUT2D eigenvalue weighted by Gasteiger charge is -2.24. The average Bonchev–Trinajstić information content (AvgIpc) is 3.18. The quantitative estimate of drug-likeness (QED) is 0.869. The number of para-hydroxylation sites is 1. The van der Waals surface area contributed by atoms with Crippen LogP contribution in [0.3, 0.4) is 0 Å². The molecule has 1 saturated heterocycles. The first-order valence-electron chi connectivity index (χ1n) is 6.71. The second-order valence-electron chi connectivity index (χ2n) is 4.69. The number of carbonyl (C=O) groups is 1. The van der Waals surface area contributed by atoms with Crippen LogP contribution >= 0.6 is 11.3 Å². The number of carbonyl (C=O) groups excluding carboxylic acids is 1. The first-order valence-corrected chi connectivity index (χ1v) is 7.59. The summed E-state index contributed by atoms with van der Waals surface area (Å²) in [5.74, 6) is 0.0314. The highest BCUT2D eigenvalue weighted by atomic mass is 32.1. The van der Waals surface area contributed by atoms with E-state index in [2.05, 4.69) is 4.98 Å². The molecule has 0 bridgehead atoms. The summed E-state index contributed by atoms with van der Waals surface area (Å²) in [6.45, 7) is 1.18. The third kappa shape index (κ3) is 2.89. The highest BCUT2D eigenvalue weighted by Gasteiger charge is 2.29. The molecule has 3 rings (SSSR count). The van der Waals surface area contributed by atoms with E-state index < -0.39 is 0 Å². The molecule has 1 amide bonds. The Labute approximate surface area is 122 Å². The van der Waals surface area contributed by atoms with Crippen molar-refractivity contribution >= 4 is 22.9 Å². The smallest absolute Gasteiger partial charge is 0.256 e. The van der Waals surface area contributed by atoms with E-state index in [1.807, 2.05) is 35.7 Å². The Morgan fingerprint density at radius 3 is 2.90 bits per heavy atom. The van der Waals surface area contributed by atoms with Crippen molar-refractivity contribution in [1.82, 2.24) is 4.98 Å². The molecule has 20 heavy (non-hydrogen) atoms. The Kier molecular flexibility index (Phi) is 4.08. The number of anilines is 1. The first kappa shape index (κ1) is 13.3. The molecule has 2 aromatic rings. The topological polar surface area (TPSA) is 42.4 Å². The zero-order valence-electron chi connectivity index (χ0n) is 11.1. The highest BCUT2D eigenvalue weighted by Crippen LogP contribution is 2.23. The Morgan fingerprint density at radius 2 is 2.25 bits per heavy atom. The third-order valence-corrected chi connectivity index (χ3v) is 4.08. The predicted octanol–water partition coefficient (Wildman–Crippen LogP) is 2.86. The van der Waals surface area contributed by atoms with E-state index in [0.717, 1.165) is 23.5 Å². The second-order valence-corrected chi connectivity index (χ2v) is 5.67. The molecule has 0 saturated carbocycles. The number of aromatic nitrogens is 1. The van der Waals surface area contributed by atoms with Gasteiger partial charge in [0.05, 0.1) is 6.54 Å². The van der Waals surface area contributed by atoms with E-state index in [1.165, 1.54) is 0 Å². The summed E-state index contributed by atoms with van der Waals surface area (Å²) >= 11 is 1.56. The van der Waals surface area contributed by atoms with Crippen LogP contribution in [0.5, 0.6) is 0 Å². The Balaban J connectivity index is 1.84. The van der Waals surface area contributed by atoms with Gasteiger partial charge in [0, 0.05) is 23.9 Å². The lowest BCUT2D eigenvalue weighted by Crippen LogP contribution is -2.38. The fourth-order valence-corrected chi connectivity index (χ4v) is 2.92. The molecule has 104 valence electrons. The van der Waals surface area contributed by atoms with Gasteiger partial charge in [-0.1, -0.05) is 18.2 Å². The summed E-state index contributed by atoms with van der Waals surface area (Å²) in [5.41, 5.74) is 0.892. The van der Waals surface area contributed by atoms with Gasteiger partial charge in [-0.25, -0.2) is 4.98 Å². The van der Waals surface area contributed by atoms with Gasteiger partial charge in [-0.15, -0.1) is 11.3 Å². The molecule has 2 heterocycles. The highest BCUT2D eigenvalue weighted by molar-refractivity contribution is 7.09. The van der Waals surface area contributed by atoms with E-state index in [0.29, 0.717) is 13.2 Å². The molecule has 4 nitrogen and oxygen atoms in total. The number of ether oxygens (including phenoxy) is 1. The van der Waals surface area contributed by atoms with Crippen LogP contribution in [0, 0.1) is 0 Å². The maximum absolute atomic E-state index is 12.6. The zero-order chi connectivity index (χ0) is 13.8. The molecule has 5 heteroatoms. The van der Waals surface area contributed by atoms with Crippen molar-refractivity contribution < 1.29 is 9.53 Å². The number of benzene rings is 1. The SMILES string of the molecule is O=C([C@@H]1CCCO1)N(Cc1nccs1)c1ccccc1. The second kappa shape index (κ2) is 6.15. The van der Waals surface area contributed by atoms with Crippen LogP contribution in [-0.2, 0) is 16.1 Å². The van der Waals surface area contributed by atoms with Gasteiger partial charge < -0.3 is 9.64 Å². The van der Waals surface area contributed by atoms with Crippen LogP contribution in [-0.4, -0.2) is 23.6 Å². The predicted molar refractivity (Wildman–Crippen MR) is 78.7 cm³/mol. The summed E-state index contributed by atoms with van der Waals surface area (Å²) < 4.78 is 5.53. The molecule has 0 radical (unpaired) electrons. The van der Waals surface area contributed by atoms with E-state index in [9.17, 15) is 4.79 Å². The lowest BCUT2D eigenvalue weighted by atomic mass is 10.2. The number of rotatable bonds is 4. The maximum atomic E-state index is 12.6. The molecule has 1 aromatic carbocycles. The van der Waals surface area contributed by atoms with Crippen molar-refractivity contribution in [2.45, 2.75) is 25.5 Å². The number of hydrogen-bond acceptors (Lipinski definition) is 4. The van der Waals surface area contributed by atoms with Gasteiger partial charge in [0.2, 0.25) is 0 Å². The Bertz CT molecular complexity index is 551. The van der Waals surface area contributed by atoms with E-state index in [4.69, 9.17) is 4.74 Å². The van der Waals surface area contributed by atoms with Gasteiger partial charge in [0.1, 0.15) is 11.1 Å². The maximum Gasteiger partial charge on any atom is 0.256 e. The molecular formula is C15H16N2O2S. The summed E-state index contributed by atoms with van der Waals surface area (Å²) in [4.78, 5) is 18.7. The van der Waals surface area contributed by atoms with Crippen LogP contribution in [0.4, 0.5) is 5.69 Å². The fraction of sp³-hybridized carbons (Fsp3) is 0.333. The van der Waals surface area contributed by atoms with Gasteiger partial charge in [0.25, 0.3) is 5.91 Å². The molecule has 1 atom stereocenters. The van der Waals surface area contributed by atoms with Gasteiger partial charge >= 0.3 is 0 Å². The van der Waals surface area contributed by atoms with Crippen molar-refractivity contribution in [3.63, 3.8) is 0 Å². The third-order valence-electron chi connectivity index (χ3n) is 3.32. The largest absolute Gasteiger partial charge is 0.368 e. The van der Waals surface area contributed by atoms with Gasteiger partial charge in [0.15, 0.2) is 0 Å². The zero-order valence-corrected chi connectivity index (χ0v) is 11.9. The summed E-state index contributed by atoms with van der Waals surface area (Å²) in [6, 6.07) is 9.71. The van der Waals surface area contributed by atoms with Gasteiger partial charge in [-0.05, 0) is 25.0 Å². The summed E-state index contributed by atoms with van der Waals surface area (Å²) in [6.07, 6.45) is 3.21. The van der Waals surface area contributed by atoms with Crippen LogP contribution < -0.4 is 4.90 Å². The number of hydrogen-bond donors (Lipinski definition) is 0. The lowest BCUT2D eigenvalue weighted by molar-refractivity contribution is -0.127. The average molecular weight is 288 g/mol. The number of amides is 1. The molecule has 1 aliphatic rings. The molecule has 1 aliphatic heterocycles. The van der Waals surface area contributed by atoms with Gasteiger partial charge in [-0.3, -0.25) is 4.79 Å². The minimum absolute atomic E-state index is 0.0314. The summed E-state index contributed by atoms with van der Waals surface area (Å²) in [7, 11) is 0. The number of nitrogens with zero attached hydrogens (tertiary/aromatic N) is 2. The molecule has 1 aromatic heterocycles. The van der Waals surface area contributed by atoms with Crippen molar-refractivity contribution in [2.24, 2.45) is 0 Å². The normalized spacial score (nSPS) is 18.1.